The van der Waals surface area contributed by atoms with Gasteiger partial charge in [0, 0.05) is 19.6 Å². The van der Waals surface area contributed by atoms with Gasteiger partial charge >= 0.3 is 0 Å². The molecular formula is C14H25N3O2. The lowest BCUT2D eigenvalue weighted by molar-refractivity contribution is 0.108. The monoisotopic (exact) mass is 267 g/mol. The first-order valence-corrected chi connectivity index (χ1v) is 7.04. The first-order chi connectivity index (χ1) is 9.22. The molecule has 0 atom stereocenters. The van der Waals surface area contributed by atoms with Gasteiger partial charge in [0.15, 0.2) is 0 Å². The van der Waals surface area contributed by atoms with E-state index in [1.54, 1.807) is 0 Å². The van der Waals surface area contributed by atoms with Crippen LogP contribution in [0, 0.1) is 6.92 Å². The van der Waals surface area contributed by atoms with Gasteiger partial charge in [0.25, 0.3) is 0 Å². The molecule has 0 saturated carbocycles. The van der Waals surface area contributed by atoms with Gasteiger partial charge in [-0.3, -0.25) is 0 Å². The molecule has 0 aliphatic heterocycles. The third-order valence-corrected chi connectivity index (χ3v) is 2.64. The average Bonchev–Trinajstić information content (AvgIpc) is 2.40. The Balaban J connectivity index is 2.80. The lowest BCUT2D eigenvalue weighted by atomic mass is 10.2. The van der Waals surface area contributed by atoms with Gasteiger partial charge in [0.1, 0.15) is 18.2 Å². The van der Waals surface area contributed by atoms with Crippen LogP contribution in [0.1, 0.15) is 38.6 Å². The van der Waals surface area contributed by atoms with Crippen LogP contribution in [0.5, 0.6) is 5.88 Å². The van der Waals surface area contributed by atoms with E-state index in [1.165, 1.54) is 0 Å². The highest BCUT2D eigenvalue weighted by Gasteiger charge is 2.11. The van der Waals surface area contributed by atoms with Crippen molar-refractivity contribution in [3.8, 4) is 5.88 Å². The van der Waals surface area contributed by atoms with Crippen LogP contribution in [0.3, 0.4) is 0 Å². The maximum absolute atomic E-state index is 5.70. The molecule has 108 valence electrons. The van der Waals surface area contributed by atoms with Crippen molar-refractivity contribution in [2.45, 2.75) is 40.5 Å². The molecule has 1 heterocycles. The summed E-state index contributed by atoms with van der Waals surface area (Å²) in [4.78, 5) is 9.00. The molecule has 0 aliphatic rings. The number of nitrogens with zero attached hydrogens (tertiary/aromatic N) is 2. The Bertz CT molecular complexity index is 383. The summed E-state index contributed by atoms with van der Waals surface area (Å²) in [6, 6.07) is 0. The molecule has 0 radical (unpaired) electrons. The predicted octanol–water partition coefficient (Wildman–Crippen LogP) is 2.58. The first kappa shape index (κ1) is 15.7. The number of rotatable bonds is 9. The second kappa shape index (κ2) is 8.69. The molecule has 1 rings (SSSR count). The van der Waals surface area contributed by atoms with E-state index in [-0.39, 0.29) is 0 Å². The Kier molecular flexibility index (Phi) is 7.18. The molecule has 5 nitrogen and oxygen atoms in total. The lowest BCUT2D eigenvalue weighted by Crippen LogP contribution is -2.12. The molecule has 0 bridgehead atoms. The van der Waals surface area contributed by atoms with Crippen LogP contribution < -0.4 is 10.1 Å². The van der Waals surface area contributed by atoms with Crippen LogP contribution >= 0.6 is 0 Å². The minimum Gasteiger partial charge on any atom is -0.475 e. The molecule has 0 unspecified atom stereocenters. The van der Waals surface area contributed by atoms with Gasteiger partial charge in [-0.2, -0.15) is 4.98 Å². The predicted molar refractivity (Wildman–Crippen MR) is 76.9 cm³/mol. The molecule has 1 aromatic heterocycles. The van der Waals surface area contributed by atoms with E-state index < -0.39 is 0 Å². The summed E-state index contributed by atoms with van der Waals surface area (Å²) in [6.07, 6.45) is 1.88. The summed E-state index contributed by atoms with van der Waals surface area (Å²) >= 11 is 0. The summed E-state index contributed by atoms with van der Waals surface area (Å²) < 4.78 is 11.0. The van der Waals surface area contributed by atoms with Crippen molar-refractivity contribution in [2.75, 3.05) is 31.7 Å². The van der Waals surface area contributed by atoms with Crippen LogP contribution in [0.4, 0.5) is 5.82 Å². The molecule has 19 heavy (non-hydrogen) atoms. The van der Waals surface area contributed by atoms with E-state index in [0.29, 0.717) is 25.7 Å². The zero-order chi connectivity index (χ0) is 14.1. The smallest absolute Gasteiger partial charge is 0.221 e. The van der Waals surface area contributed by atoms with Gasteiger partial charge in [-0.05, 0) is 27.2 Å². The van der Waals surface area contributed by atoms with Crippen LogP contribution in [-0.4, -0.2) is 36.3 Å². The highest BCUT2D eigenvalue weighted by molar-refractivity contribution is 5.48. The first-order valence-electron chi connectivity index (χ1n) is 7.04. The molecule has 1 N–H and O–H groups in total. The summed E-state index contributed by atoms with van der Waals surface area (Å²) in [6.45, 7) is 10.8. The van der Waals surface area contributed by atoms with Crippen molar-refractivity contribution in [2.24, 2.45) is 0 Å². The fourth-order valence-electron chi connectivity index (χ4n) is 1.70. The van der Waals surface area contributed by atoms with Crippen LogP contribution in [0.15, 0.2) is 0 Å². The molecule has 0 spiro atoms. The van der Waals surface area contributed by atoms with Crippen molar-refractivity contribution in [3.63, 3.8) is 0 Å². The Morgan fingerprint density at radius 2 is 1.89 bits per heavy atom. The Morgan fingerprint density at radius 3 is 2.53 bits per heavy atom. The second-order valence-corrected chi connectivity index (χ2v) is 4.24. The number of anilines is 1. The van der Waals surface area contributed by atoms with Crippen LogP contribution in [0.2, 0.25) is 0 Å². The molecule has 0 aliphatic carbocycles. The van der Waals surface area contributed by atoms with E-state index in [0.717, 1.165) is 36.6 Å². The van der Waals surface area contributed by atoms with Crippen molar-refractivity contribution < 1.29 is 9.47 Å². The van der Waals surface area contributed by atoms with E-state index in [9.17, 15) is 0 Å². The quantitative estimate of drug-likeness (QED) is 0.697. The largest absolute Gasteiger partial charge is 0.475 e. The Morgan fingerprint density at radius 1 is 1.11 bits per heavy atom. The molecule has 5 heteroatoms. The Labute approximate surface area is 115 Å². The number of hydrogen-bond acceptors (Lipinski definition) is 5. The highest BCUT2D eigenvalue weighted by atomic mass is 16.5. The maximum atomic E-state index is 5.70. The zero-order valence-corrected chi connectivity index (χ0v) is 12.5. The third-order valence-electron chi connectivity index (χ3n) is 2.64. The summed E-state index contributed by atoms with van der Waals surface area (Å²) in [5.41, 5.74) is 0.957. The molecular weight excluding hydrogens is 242 g/mol. The summed E-state index contributed by atoms with van der Waals surface area (Å²) in [5, 5.41) is 3.25. The van der Waals surface area contributed by atoms with Gasteiger partial charge in [0.2, 0.25) is 5.88 Å². The number of hydrogen-bond donors (Lipinski definition) is 1. The SMILES string of the molecule is CCCc1nc(NCC)c(C)c(OCCOCC)n1. The normalized spacial score (nSPS) is 10.5. The topological polar surface area (TPSA) is 56.3 Å². The highest BCUT2D eigenvalue weighted by Crippen LogP contribution is 2.22. The number of aryl methyl sites for hydroxylation is 1. The van der Waals surface area contributed by atoms with Crippen molar-refractivity contribution >= 4 is 5.82 Å². The fraction of sp³-hybridized carbons (Fsp3) is 0.714. The van der Waals surface area contributed by atoms with Gasteiger partial charge in [-0.25, -0.2) is 4.98 Å². The van der Waals surface area contributed by atoms with Crippen LogP contribution in [-0.2, 0) is 11.2 Å². The molecule has 0 saturated heterocycles. The summed E-state index contributed by atoms with van der Waals surface area (Å²) in [7, 11) is 0. The van der Waals surface area contributed by atoms with Crippen molar-refractivity contribution in [1.29, 1.82) is 0 Å². The van der Waals surface area contributed by atoms with E-state index in [1.807, 2.05) is 13.8 Å². The Hall–Kier alpha value is -1.36. The van der Waals surface area contributed by atoms with Gasteiger partial charge in [-0.15, -0.1) is 0 Å². The van der Waals surface area contributed by atoms with Crippen LogP contribution in [0.25, 0.3) is 0 Å². The molecule has 0 amide bonds. The minimum absolute atomic E-state index is 0.517. The molecule has 0 aromatic carbocycles. The maximum Gasteiger partial charge on any atom is 0.221 e. The minimum atomic E-state index is 0.517. The number of aromatic nitrogens is 2. The number of ether oxygens (including phenoxy) is 2. The molecule has 0 fully saturated rings. The van der Waals surface area contributed by atoms with E-state index in [2.05, 4.69) is 29.1 Å². The average molecular weight is 267 g/mol. The van der Waals surface area contributed by atoms with Gasteiger partial charge in [-0.1, -0.05) is 6.92 Å². The van der Waals surface area contributed by atoms with Crippen molar-refractivity contribution in [3.05, 3.63) is 11.4 Å². The van der Waals surface area contributed by atoms with E-state index >= 15 is 0 Å². The standard InChI is InChI=1S/C14H25N3O2/c1-5-8-12-16-13(15-6-2)11(4)14(17-12)19-10-9-18-7-3/h5-10H2,1-4H3,(H,15,16,17). The van der Waals surface area contributed by atoms with Gasteiger partial charge in [0.05, 0.1) is 12.2 Å². The third kappa shape index (κ3) is 5.03. The second-order valence-electron chi connectivity index (χ2n) is 4.24. The zero-order valence-electron chi connectivity index (χ0n) is 12.5. The van der Waals surface area contributed by atoms with Crippen molar-refractivity contribution in [1.82, 2.24) is 9.97 Å². The van der Waals surface area contributed by atoms with Gasteiger partial charge < -0.3 is 14.8 Å². The number of nitrogens with one attached hydrogen (secondary N) is 1. The summed E-state index contributed by atoms with van der Waals surface area (Å²) in [5.74, 6) is 2.36. The lowest BCUT2D eigenvalue weighted by Gasteiger charge is -2.13. The fourth-order valence-corrected chi connectivity index (χ4v) is 1.70. The van der Waals surface area contributed by atoms with E-state index in [4.69, 9.17) is 9.47 Å². The molecule has 1 aromatic rings.